The number of rotatable bonds is 4. The van der Waals surface area contributed by atoms with Crippen LogP contribution in [0.2, 0.25) is 0 Å². The van der Waals surface area contributed by atoms with Crippen LogP contribution in [0.4, 0.5) is 4.39 Å². The Balaban J connectivity index is 2.31. The summed E-state index contributed by atoms with van der Waals surface area (Å²) in [7, 11) is 1.33. The van der Waals surface area contributed by atoms with Gasteiger partial charge in [0.25, 0.3) is 0 Å². The van der Waals surface area contributed by atoms with Gasteiger partial charge in [-0.05, 0) is 25.8 Å². The largest absolute Gasteiger partial charge is 0.494 e. The number of nitrogens with zero attached hydrogens (tertiary/aromatic N) is 1. The van der Waals surface area contributed by atoms with Crippen molar-refractivity contribution in [2.45, 2.75) is 25.8 Å². The van der Waals surface area contributed by atoms with Gasteiger partial charge in [0.1, 0.15) is 5.56 Å². The van der Waals surface area contributed by atoms with Gasteiger partial charge in [0.2, 0.25) is 5.43 Å². The van der Waals surface area contributed by atoms with Gasteiger partial charge >= 0.3 is 5.97 Å². The third kappa shape index (κ3) is 2.34. The Labute approximate surface area is 126 Å². The Morgan fingerprint density at radius 1 is 1.41 bits per heavy atom. The van der Waals surface area contributed by atoms with Crippen LogP contribution in [0.5, 0.6) is 5.75 Å². The van der Waals surface area contributed by atoms with Crippen molar-refractivity contribution in [3.05, 3.63) is 39.9 Å². The highest BCUT2D eigenvalue weighted by molar-refractivity contribution is 5.94. The number of benzene rings is 1. The van der Waals surface area contributed by atoms with E-state index in [2.05, 4.69) is 0 Å². The van der Waals surface area contributed by atoms with Crippen molar-refractivity contribution in [3.8, 4) is 5.75 Å². The Bertz CT molecular complexity index is 808. The van der Waals surface area contributed by atoms with Gasteiger partial charge in [-0.15, -0.1) is 0 Å². The highest BCUT2D eigenvalue weighted by atomic mass is 19.1. The molecule has 3 rings (SSSR count). The molecule has 0 aliphatic heterocycles. The van der Waals surface area contributed by atoms with Gasteiger partial charge in [0.05, 0.1) is 24.6 Å². The zero-order valence-corrected chi connectivity index (χ0v) is 12.4. The number of hydrogen-bond donors (Lipinski definition) is 0. The molecule has 0 N–H and O–H groups in total. The maximum Gasteiger partial charge on any atom is 0.343 e. The lowest BCUT2D eigenvalue weighted by Gasteiger charge is -2.13. The zero-order valence-electron chi connectivity index (χ0n) is 12.4. The van der Waals surface area contributed by atoms with Crippen LogP contribution in [0, 0.1) is 5.82 Å². The number of carbonyl (C=O) groups is 1. The van der Waals surface area contributed by atoms with Crippen LogP contribution < -0.4 is 10.2 Å². The van der Waals surface area contributed by atoms with E-state index in [9.17, 15) is 14.0 Å². The fourth-order valence-electron chi connectivity index (χ4n) is 2.52. The van der Waals surface area contributed by atoms with E-state index in [0.29, 0.717) is 5.52 Å². The molecule has 6 heteroatoms. The van der Waals surface area contributed by atoms with Gasteiger partial charge < -0.3 is 14.0 Å². The first-order valence-corrected chi connectivity index (χ1v) is 7.16. The molecule has 1 heterocycles. The number of pyridine rings is 1. The molecule has 116 valence electrons. The lowest BCUT2D eigenvalue weighted by molar-refractivity contribution is 0.0524. The van der Waals surface area contributed by atoms with Crippen molar-refractivity contribution in [1.82, 2.24) is 4.57 Å². The Morgan fingerprint density at radius 2 is 2.14 bits per heavy atom. The molecule has 0 amide bonds. The number of fused-ring (bicyclic) bond motifs is 1. The predicted octanol–water partition coefficient (Wildman–Crippen LogP) is 2.66. The monoisotopic (exact) mass is 305 g/mol. The van der Waals surface area contributed by atoms with Crippen LogP contribution in [-0.4, -0.2) is 24.3 Å². The Kier molecular flexibility index (Phi) is 3.60. The highest BCUT2D eigenvalue weighted by Crippen LogP contribution is 2.37. The lowest BCUT2D eigenvalue weighted by Crippen LogP contribution is -2.21. The van der Waals surface area contributed by atoms with Gasteiger partial charge in [-0.25, -0.2) is 9.18 Å². The summed E-state index contributed by atoms with van der Waals surface area (Å²) in [5.41, 5.74) is -0.0302. The average Bonchev–Trinajstić information content (AvgIpc) is 3.32. The molecular formula is C16H16FNO4. The normalized spacial score (nSPS) is 14.1. The molecule has 2 aromatic rings. The number of esters is 1. The second kappa shape index (κ2) is 5.44. The summed E-state index contributed by atoms with van der Waals surface area (Å²) in [6, 6.07) is 2.81. The first kappa shape index (κ1) is 14.6. The maximum atomic E-state index is 14.0. The summed E-state index contributed by atoms with van der Waals surface area (Å²) in [6.45, 7) is 1.86. The molecule has 5 nitrogen and oxygen atoms in total. The first-order chi connectivity index (χ1) is 10.6. The molecule has 1 fully saturated rings. The molecule has 0 saturated heterocycles. The average molecular weight is 305 g/mol. The fourth-order valence-corrected chi connectivity index (χ4v) is 2.52. The van der Waals surface area contributed by atoms with Crippen LogP contribution in [0.25, 0.3) is 10.9 Å². The summed E-state index contributed by atoms with van der Waals surface area (Å²) in [5, 5.41) is 0.260. The van der Waals surface area contributed by atoms with Crippen LogP contribution >= 0.6 is 0 Å². The van der Waals surface area contributed by atoms with Crippen molar-refractivity contribution in [2.75, 3.05) is 13.7 Å². The summed E-state index contributed by atoms with van der Waals surface area (Å²) in [5.74, 6) is -1.22. The number of ether oxygens (including phenoxy) is 2. The Hall–Kier alpha value is -2.37. The number of methoxy groups -OCH3 is 1. The topological polar surface area (TPSA) is 57.5 Å². The van der Waals surface area contributed by atoms with Gasteiger partial charge in [-0.1, -0.05) is 0 Å². The summed E-state index contributed by atoms with van der Waals surface area (Å²) in [4.78, 5) is 24.5. The summed E-state index contributed by atoms with van der Waals surface area (Å²) in [6.07, 6.45) is 3.36. The number of halogens is 1. The van der Waals surface area contributed by atoms with Crippen molar-refractivity contribution in [1.29, 1.82) is 0 Å². The zero-order chi connectivity index (χ0) is 15.9. The summed E-state index contributed by atoms with van der Waals surface area (Å²) >= 11 is 0. The van der Waals surface area contributed by atoms with E-state index in [4.69, 9.17) is 9.47 Å². The SMILES string of the molecule is CCOC(=O)c1cn(C2CC2)c2cc(F)c(OC)cc2c1=O. The van der Waals surface area contributed by atoms with Crippen LogP contribution in [0.1, 0.15) is 36.2 Å². The summed E-state index contributed by atoms with van der Waals surface area (Å²) < 4.78 is 25.6. The van der Waals surface area contributed by atoms with Crippen molar-refractivity contribution >= 4 is 16.9 Å². The molecule has 0 spiro atoms. The van der Waals surface area contributed by atoms with E-state index in [1.807, 2.05) is 0 Å². The highest BCUT2D eigenvalue weighted by Gasteiger charge is 2.27. The molecule has 0 atom stereocenters. The molecule has 1 aliphatic carbocycles. The number of hydrogen-bond acceptors (Lipinski definition) is 4. The molecule has 1 aromatic carbocycles. The lowest BCUT2D eigenvalue weighted by atomic mass is 10.1. The minimum absolute atomic E-state index is 0.0204. The molecule has 1 aromatic heterocycles. The number of carbonyl (C=O) groups excluding carboxylic acids is 1. The van der Waals surface area contributed by atoms with Crippen LogP contribution in [-0.2, 0) is 4.74 Å². The van der Waals surface area contributed by atoms with Crippen LogP contribution in [0.15, 0.2) is 23.1 Å². The van der Waals surface area contributed by atoms with E-state index in [1.54, 1.807) is 11.5 Å². The van der Waals surface area contributed by atoms with Gasteiger partial charge in [-0.2, -0.15) is 0 Å². The Morgan fingerprint density at radius 3 is 2.73 bits per heavy atom. The molecular weight excluding hydrogens is 289 g/mol. The third-order valence-corrected chi connectivity index (χ3v) is 3.74. The second-order valence-electron chi connectivity index (χ2n) is 5.23. The van der Waals surface area contributed by atoms with Crippen molar-refractivity contribution in [2.24, 2.45) is 0 Å². The molecule has 0 bridgehead atoms. The second-order valence-corrected chi connectivity index (χ2v) is 5.23. The molecule has 1 aliphatic rings. The van der Waals surface area contributed by atoms with Crippen molar-refractivity contribution < 1.29 is 18.7 Å². The van der Waals surface area contributed by atoms with Gasteiger partial charge in [0, 0.05) is 18.3 Å². The quantitative estimate of drug-likeness (QED) is 0.815. The molecule has 1 saturated carbocycles. The van der Waals surface area contributed by atoms with Gasteiger partial charge in [0.15, 0.2) is 11.6 Å². The smallest absolute Gasteiger partial charge is 0.343 e. The standard InChI is InChI=1S/C16H16FNO4/c1-3-22-16(20)11-8-18(9-4-5-9)13-7-12(17)14(21-2)6-10(13)15(11)19/h6-9H,3-5H2,1-2H3. The third-order valence-electron chi connectivity index (χ3n) is 3.74. The minimum atomic E-state index is -0.660. The fraction of sp³-hybridized carbons (Fsp3) is 0.375. The number of aromatic nitrogens is 1. The molecule has 0 radical (unpaired) electrons. The predicted molar refractivity (Wildman–Crippen MR) is 78.9 cm³/mol. The van der Waals surface area contributed by atoms with Crippen molar-refractivity contribution in [3.63, 3.8) is 0 Å². The van der Waals surface area contributed by atoms with Gasteiger partial charge in [-0.3, -0.25) is 4.79 Å². The van der Waals surface area contributed by atoms with E-state index in [-0.39, 0.29) is 29.3 Å². The van der Waals surface area contributed by atoms with E-state index in [1.165, 1.54) is 25.4 Å². The molecule has 22 heavy (non-hydrogen) atoms. The van der Waals surface area contributed by atoms with Crippen LogP contribution in [0.3, 0.4) is 0 Å². The first-order valence-electron chi connectivity index (χ1n) is 7.16. The minimum Gasteiger partial charge on any atom is -0.494 e. The molecule has 0 unspecified atom stereocenters. The van der Waals surface area contributed by atoms with E-state index >= 15 is 0 Å². The maximum absolute atomic E-state index is 14.0. The van der Waals surface area contributed by atoms with E-state index in [0.717, 1.165) is 12.8 Å². The van der Waals surface area contributed by atoms with E-state index < -0.39 is 17.2 Å².